The van der Waals surface area contributed by atoms with E-state index in [0.29, 0.717) is 31.2 Å². The molecule has 1 aliphatic heterocycles. The molecule has 0 radical (unpaired) electrons. The smallest absolute Gasteiger partial charge is 0.315 e. The van der Waals surface area contributed by atoms with E-state index in [4.69, 9.17) is 32.7 Å². The third kappa shape index (κ3) is 6.54. The first kappa shape index (κ1) is 25.5. The molecule has 0 bridgehead atoms. The molecule has 0 aliphatic carbocycles. The number of halogens is 2. The molecular formula is C25H28Cl2N4O4. The number of amides is 2. The molecule has 3 aromatic rings. The van der Waals surface area contributed by atoms with E-state index in [-0.39, 0.29) is 30.0 Å². The summed E-state index contributed by atoms with van der Waals surface area (Å²) in [4.78, 5) is 15.7. The molecule has 35 heavy (non-hydrogen) atoms. The molecule has 186 valence electrons. The van der Waals surface area contributed by atoms with Crippen molar-refractivity contribution in [2.75, 3.05) is 6.54 Å². The summed E-state index contributed by atoms with van der Waals surface area (Å²) >= 11 is 12.3. The molecule has 0 spiro atoms. The summed E-state index contributed by atoms with van der Waals surface area (Å²) in [5.41, 5.74) is 3.66. The van der Waals surface area contributed by atoms with Crippen LogP contribution in [-0.4, -0.2) is 33.3 Å². The topological polar surface area (TPSA) is 97.6 Å². The van der Waals surface area contributed by atoms with Crippen LogP contribution in [-0.2, 0) is 29.2 Å². The Morgan fingerprint density at radius 3 is 2.37 bits per heavy atom. The summed E-state index contributed by atoms with van der Waals surface area (Å²) in [6.45, 7) is 3.32. The number of benzene rings is 2. The molecule has 4 rings (SSSR count). The van der Waals surface area contributed by atoms with Gasteiger partial charge in [0.1, 0.15) is 5.15 Å². The Kier molecular flexibility index (Phi) is 8.64. The second-order valence-electron chi connectivity index (χ2n) is 8.28. The maximum Gasteiger partial charge on any atom is 0.315 e. The number of aliphatic hydroxyl groups excluding tert-OH is 1. The van der Waals surface area contributed by atoms with Gasteiger partial charge in [-0.3, -0.25) is 0 Å². The normalized spacial score (nSPS) is 19.9. The fourth-order valence-electron chi connectivity index (χ4n) is 3.92. The van der Waals surface area contributed by atoms with E-state index in [0.717, 1.165) is 22.3 Å². The van der Waals surface area contributed by atoms with Gasteiger partial charge in [-0.05, 0) is 23.6 Å². The monoisotopic (exact) mass is 518 g/mol. The Hall–Kier alpha value is -2.62. The Balaban J connectivity index is 1.51. The first-order valence-electron chi connectivity index (χ1n) is 11.4. The van der Waals surface area contributed by atoms with Gasteiger partial charge in [0.05, 0.1) is 31.7 Å². The molecule has 2 amide bonds. The van der Waals surface area contributed by atoms with Crippen molar-refractivity contribution in [3.63, 3.8) is 0 Å². The van der Waals surface area contributed by atoms with Gasteiger partial charge < -0.3 is 29.8 Å². The zero-order valence-electron chi connectivity index (χ0n) is 19.3. The number of carbonyl (C=O) groups is 1. The lowest BCUT2D eigenvalue weighted by Gasteiger charge is -2.36. The molecule has 3 atom stereocenters. The average molecular weight is 519 g/mol. The molecule has 3 N–H and O–H groups in total. The predicted molar refractivity (Wildman–Crippen MR) is 133 cm³/mol. The number of nitrogens with one attached hydrogen (secondary N) is 2. The highest BCUT2D eigenvalue weighted by atomic mass is 35.5. The van der Waals surface area contributed by atoms with Gasteiger partial charge in [0, 0.05) is 25.1 Å². The number of ether oxygens (including phenoxy) is 2. The van der Waals surface area contributed by atoms with Crippen molar-refractivity contribution in [2.45, 2.75) is 51.5 Å². The predicted octanol–water partition coefficient (Wildman–Crippen LogP) is 4.75. The van der Waals surface area contributed by atoms with Crippen LogP contribution in [0.5, 0.6) is 0 Å². The molecule has 8 nitrogen and oxygen atoms in total. The van der Waals surface area contributed by atoms with Crippen LogP contribution in [0.25, 0.3) is 0 Å². The number of rotatable bonds is 8. The highest BCUT2D eigenvalue weighted by Crippen LogP contribution is 2.38. The SMILES string of the molecule is CCNC(=O)NCc1ccc([C@@H]2O[C@H](Cn3cnc(Cl)c3Cl)C[C@H](c3ccc(CO)cc3)O2)cc1. The van der Waals surface area contributed by atoms with Gasteiger partial charge in [0.15, 0.2) is 11.4 Å². The number of hydrogen-bond donors (Lipinski definition) is 3. The minimum atomic E-state index is -0.598. The lowest BCUT2D eigenvalue weighted by molar-refractivity contribution is -0.252. The first-order valence-corrected chi connectivity index (χ1v) is 12.2. The zero-order chi connectivity index (χ0) is 24.8. The van der Waals surface area contributed by atoms with E-state index in [1.807, 2.05) is 55.5 Å². The van der Waals surface area contributed by atoms with E-state index in [9.17, 15) is 9.90 Å². The first-order chi connectivity index (χ1) is 17.0. The van der Waals surface area contributed by atoms with Crippen LogP contribution in [0.15, 0.2) is 54.9 Å². The highest BCUT2D eigenvalue weighted by Gasteiger charge is 2.32. The molecule has 0 unspecified atom stereocenters. The summed E-state index contributed by atoms with van der Waals surface area (Å²) in [6, 6.07) is 15.3. The van der Waals surface area contributed by atoms with Crippen LogP contribution < -0.4 is 10.6 Å². The third-order valence-electron chi connectivity index (χ3n) is 5.79. The van der Waals surface area contributed by atoms with E-state index in [1.54, 1.807) is 10.9 Å². The zero-order valence-corrected chi connectivity index (χ0v) is 20.8. The molecule has 2 aromatic carbocycles. The summed E-state index contributed by atoms with van der Waals surface area (Å²) in [6.07, 6.45) is 1.18. The van der Waals surface area contributed by atoms with Crippen molar-refractivity contribution < 1.29 is 19.4 Å². The molecule has 10 heteroatoms. The molecule has 2 heterocycles. The largest absolute Gasteiger partial charge is 0.392 e. The summed E-state index contributed by atoms with van der Waals surface area (Å²) in [5.74, 6) is 0. The second-order valence-corrected chi connectivity index (χ2v) is 9.00. The van der Waals surface area contributed by atoms with Gasteiger partial charge in [0.25, 0.3) is 0 Å². The van der Waals surface area contributed by atoms with Gasteiger partial charge in [-0.15, -0.1) is 0 Å². The maximum absolute atomic E-state index is 11.7. The van der Waals surface area contributed by atoms with E-state index in [2.05, 4.69) is 15.6 Å². The maximum atomic E-state index is 11.7. The number of hydrogen-bond acceptors (Lipinski definition) is 5. The second kappa shape index (κ2) is 11.9. The van der Waals surface area contributed by atoms with E-state index < -0.39 is 6.29 Å². The third-order valence-corrected chi connectivity index (χ3v) is 6.56. The number of aliphatic hydroxyl groups is 1. The molecule has 1 aliphatic rings. The summed E-state index contributed by atoms with van der Waals surface area (Å²) in [5, 5.41) is 15.5. The van der Waals surface area contributed by atoms with Gasteiger partial charge >= 0.3 is 6.03 Å². The van der Waals surface area contributed by atoms with Gasteiger partial charge in [-0.25, -0.2) is 9.78 Å². The summed E-state index contributed by atoms with van der Waals surface area (Å²) in [7, 11) is 0. The number of carbonyl (C=O) groups excluding carboxylic acids is 1. The van der Waals surface area contributed by atoms with Crippen LogP contribution >= 0.6 is 23.2 Å². The van der Waals surface area contributed by atoms with Crippen LogP contribution in [0.4, 0.5) is 4.79 Å². The van der Waals surface area contributed by atoms with Crippen LogP contribution in [0.1, 0.15) is 48.0 Å². The fourth-order valence-corrected chi connectivity index (χ4v) is 4.23. The minimum absolute atomic E-state index is 0.0125. The Morgan fingerprint density at radius 2 is 1.74 bits per heavy atom. The van der Waals surface area contributed by atoms with Crippen LogP contribution in [0.3, 0.4) is 0 Å². The fraction of sp³-hybridized carbons (Fsp3) is 0.360. The van der Waals surface area contributed by atoms with Crippen molar-refractivity contribution >= 4 is 29.2 Å². The molecule has 1 saturated heterocycles. The lowest BCUT2D eigenvalue weighted by Crippen LogP contribution is -2.34. The standard InChI is InChI=1S/C25H28Cl2N4O4/c1-2-28-25(33)29-12-16-3-9-19(10-4-16)24-34-20(13-31-15-30-22(26)23(31)27)11-21(35-24)18-7-5-17(14-32)6-8-18/h3-10,15,20-21,24,32H,2,11-14H2,1H3,(H2,28,29,33)/t20-,21+,24+/m0/s1. The minimum Gasteiger partial charge on any atom is -0.392 e. The van der Waals surface area contributed by atoms with Crippen molar-refractivity contribution in [3.05, 3.63) is 87.4 Å². The van der Waals surface area contributed by atoms with Gasteiger partial charge in [-0.2, -0.15) is 0 Å². The number of urea groups is 1. The van der Waals surface area contributed by atoms with Gasteiger partial charge in [0.2, 0.25) is 0 Å². The van der Waals surface area contributed by atoms with E-state index >= 15 is 0 Å². The Morgan fingerprint density at radius 1 is 1.06 bits per heavy atom. The quantitative estimate of drug-likeness (QED) is 0.399. The molecule has 1 fully saturated rings. The Bertz CT molecular complexity index is 1120. The summed E-state index contributed by atoms with van der Waals surface area (Å²) < 4.78 is 14.4. The molecular weight excluding hydrogens is 491 g/mol. The van der Waals surface area contributed by atoms with Gasteiger partial charge in [-0.1, -0.05) is 71.7 Å². The Labute approximate surface area is 214 Å². The van der Waals surface area contributed by atoms with Crippen LogP contribution in [0.2, 0.25) is 10.3 Å². The van der Waals surface area contributed by atoms with Crippen molar-refractivity contribution in [1.29, 1.82) is 0 Å². The lowest BCUT2D eigenvalue weighted by atomic mass is 10.00. The van der Waals surface area contributed by atoms with Crippen molar-refractivity contribution in [2.24, 2.45) is 0 Å². The highest BCUT2D eigenvalue weighted by molar-refractivity contribution is 6.40. The molecule has 1 aromatic heterocycles. The van der Waals surface area contributed by atoms with Crippen molar-refractivity contribution in [3.8, 4) is 0 Å². The van der Waals surface area contributed by atoms with E-state index in [1.165, 1.54) is 0 Å². The molecule has 0 saturated carbocycles. The van der Waals surface area contributed by atoms with Crippen molar-refractivity contribution in [1.82, 2.24) is 20.2 Å². The average Bonchev–Trinajstić information content (AvgIpc) is 3.20. The number of aromatic nitrogens is 2. The van der Waals surface area contributed by atoms with Crippen LogP contribution in [0, 0.1) is 0 Å². The number of imidazole rings is 1. The number of nitrogens with zero attached hydrogens (tertiary/aromatic N) is 2.